The van der Waals surface area contributed by atoms with Gasteiger partial charge in [0.2, 0.25) is 5.91 Å². The van der Waals surface area contributed by atoms with Crippen LogP contribution >= 0.6 is 15.9 Å². The summed E-state index contributed by atoms with van der Waals surface area (Å²) in [5.41, 5.74) is 0.923. The Morgan fingerprint density at radius 2 is 2.05 bits per heavy atom. The molecule has 0 unspecified atom stereocenters. The number of benzene rings is 2. The lowest BCUT2D eigenvalue weighted by Gasteiger charge is -2.10. The second kappa shape index (κ2) is 7.08. The first-order valence-electron chi connectivity index (χ1n) is 6.22. The van der Waals surface area contributed by atoms with Gasteiger partial charge >= 0.3 is 0 Å². The van der Waals surface area contributed by atoms with E-state index in [9.17, 15) is 9.18 Å². The number of hydrogen-bond donors (Lipinski definition) is 2. The molecule has 0 fully saturated rings. The first kappa shape index (κ1) is 15.3. The minimum absolute atomic E-state index is 0.0348. The van der Waals surface area contributed by atoms with Gasteiger partial charge in [-0.3, -0.25) is 4.79 Å². The maximum Gasteiger partial charge on any atom is 0.243 e. The highest BCUT2D eigenvalue weighted by Crippen LogP contribution is 2.27. The van der Waals surface area contributed by atoms with Gasteiger partial charge in [-0.2, -0.15) is 0 Å². The number of para-hydroxylation sites is 1. The zero-order valence-corrected chi connectivity index (χ0v) is 12.9. The Bertz CT molecular complexity index is 649. The Hall–Kier alpha value is -2.08. The molecule has 0 aromatic heterocycles. The molecule has 2 N–H and O–H groups in total. The number of carbonyl (C=O) groups is 1. The number of nitrogens with one attached hydrogen (secondary N) is 2. The zero-order chi connectivity index (χ0) is 15.2. The largest absolute Gasteiger partial charge is 0.496 e. The van der Waals surface area contributed by atoms with Crippen molar-refractivity contribution >= 4 is 33.2 Å². The summed E-state index contributed by atoms with van der Waals surface area (Å²) in [6, 6.07) is 11.4. The second-order valence-electron chi connectivity index (χ2n) is 4.23. The summed E-state index contributed by atoms with van der Waals surface area (Å²) in [5.74, 6) is -0.0820. The first-order valence-corrected chi connectivity index (χ1v) is 7.01. The number of methoxy groups -OCH3 is 1. The fourth-order valence-corrected chi connectivity index (χ4v) is 2.26. The van der Waals surface area contributed by atoms with Gasteiger partial charge in [0.25, 0.3) is 0 Å². The fourth-order valence-electron chi connectivity index (χ4n) is 1.72. The van der Waals surface area contributed by atoms with Crippen LogP contribution in [0.1, 0.15) is 0 Å². The Morgan fingerprint density at radius 3 is 2.71 bits per heavy atom. The van der Waals surface area contributed by atoms with Gasteiger partial charge in [-0.1, -0.05) is 12.1 Å². The Labute approximate surface area is 130 Å². The van der Waals surface area contributed by atoms with Gasteiger partial charge in [-0.15, -0.1) is 0 Å². The molecule has 6 heteroatoms. The second-order valence-corrected chi connectivity index (χ2v) is 5.09. The molecule has 1 amide bonds. The summed E-state index contributed by atoms with van der Waals surface area (Å²) in [6.07, 6.45) is 0. The van der Waals surface area contributed by atoms with E-state index in [1.54, 1.807) is 37.4 Å². The summed E-state index contributed by atoms with van der Waals surface area (Å²) in [5, 5.41) is 5.46. The molecule has 0 bridgehead atoms. The normalized spacial score (nSPS) is 10.0. The van der Waals surface area contributed by atoms with Crippen molar-refractivity contribution in [3.05, 3.63) is 52.8 Å². The highest BCUT2D eigenvalue weighted by Gasteiger charge is 2.07. The topological polar surface area (TPSA) is 50.4 Å². The van der Waals surface area contributed by atoms with Gasteiger partial charge in [-0.05, 0) is 46.3 Å². The average Bonchev–Trinajstić information content (AvgIpc) is 2.48. The Kier molecular flexibility index (Phi) is 5.16. The fraction of sp³-hybridized carbons (Fsp3) is 0.133. The number of amides is 1. The van der Waals surface area contributed by atoms with Crippen LogP contribution in [0.5, 0.6) is 5.75 Å². The number of carbonyl (C=O) groups excluding carboxylic acids is 1. The molecule has 21 heavy (non-hydrogen) atoms. The third-order valence-electron chi connectivity index (χ3n) is 2.75. The van der Waals surface area contributed by atoms with Crippen LogP contribution in [0.3, 0.4) is 0 Å². The molecule has 0 atom stereocenters. The summed E-state index contributed by atoms with van der Waals surface area (Å²) in [6.45, 7) is 0.0348. The highest BCUT2D eigenvalue weighted by atomic mass is 79.9. The van der Waals surface area contributed by atoms with E-state index in [4.69, 9.17) is 4.74 Å². The maximum absolute atomic E-state index is 13.4. The molecule has 2 aromatic rings. The number of rotatable bonds is 5. The van der Waals surface area contributed by atoms with Crippen molar-refractivity contribution in [1.82, 2.24) is 0 Å². The van der Waals surface area contributed by atoms with E-state index in [2.05, 4.69) is 26.6 Å². The van der Waals surface area contributed by atoms with Crippen LogP contribution in [0.2, 0.25) is 0 Å². The smallest absolute Gasteiger partial charge is 0.243 e. The van der Waals surface area contributed by atoms with E-state index < -0.39 is 5.82 Å². The van der Waals surface area contributed by atoms with Crippen LogP contribution in [-0.4, -0.2) is 19.6 Å². The summed E-state index contributed by atoms with van der Waals surface area (Å²) >= 11 is 3.36. The minimum atomic E-state index is -0.460. The highest BCUT2D eigenvalue weighted by molar-refractivity contribution is 9.10. The molecule has 0 aliphatic rings. The Balaban J connectivity index is 1.92. The van der Waals surface area contributed by atoms with E-state index in [0.29, 0.717) is 5.75 Å². The van der Waals surface area contributed by atoms with Crippen molar-refractivity contribution in [2.45, 2.75) is 0 Å². The van der Waals surface area contributed by atoms with Crippen molar-refractivity contribution in [1.29, 1.82) is 0 Å². The molecule has 110 valence electrons. The molecular formula is C15H14BrFN2O2. The average molecular weight is 353 g/mol. The van der Waals surface area contributed by atoms with Crippen LogP contribution in [-0.2, 0) is 4.79 Å². The molecule has 2 aromatic carbocycles. The van der Waals surface area contributed by atoms with Crippen molar-refractivity contribution in [2.24, 2.45) is 0 Å². The summed E-state index contributed by atoms with van der Waals surface area (Å²) in [7, 11) is 1.58. The van der Waals surface area contributed by atoms with Crippen molar-refractivity contribution in [2.75, 3.05) is 24.3 Å². The first-order chi connectivity index (χ1) is 10.1. The van der Waals surface area contributed by atoms with Gasteiger partial charge in [-0.25, -0.2) is 4.39 Å². The van der Waals surface area contributed by atoms with Crippen LogP contribution in [0.15, 0.2) is 46.9 Å². The van der Waals surface area contributed by atoms with Gasteiger partial charge in [0.15, 0.2) is 0 Å². The number of halogens is 2. The molecule has 0 aliphatic carbocycles. The van der Waals surface area contributed by atoms with Gasteiger partial charge in [0.1, 0.15) is 11.6 Å². The van der Waals surface area contributed by atoms with Crippen LogP contribution in [0.25, 0.3) is 0 Å². The molecule has 0 spiro atoms. The van der Waals surface area contributed by atoms with Crippen LogP contribution in [0.4, 0.5) is 15.8 Å². The maximum atomic E-state index is 13.4. The third kappa shape index (κ3) is 4.19. The number of ether oxygens (including phenoxy) is 1. The monoisotopic (exact) mass is 352 g/mol. The van der Waals surface area contributed by atoms with E-state index >= 15 is 0 Å². The van der Waals surface area contributed by atoms with Crippen molar-refractivity contribution in [3.63, 3.8) is 0 Å². The molecule has 0 saturated heterocycles. The molecule has 4 nitrogen and oxygen atoms in total. The lowest BCUT2D eigenvalue weighted by atomic mass is 10.3. The van der Waals surface area contributed by atoms with E-state index in [0.717, 1.165) is 10.2 Å². The predicted octanol–water partition coefficient (Wildman–Crippen LogP) is 3.65. The van der Waals surface area contributed by atoms with Gasteiger partial charge in [0, 0.05) is 5.69 Å². The lowest BCUT2D eigenvalue weighted by Crippen LogP contribution is -2.22. The number of hydrogen-bond acceptors (Lipinski definition) is 3. The van der Waals surface area contributed by atoms with E-state index in [1.165, 1.54) is 12.1 Å². The molecule has 0 heterocycles. The quantitative estimate of drug-likeness (QED) is 0.863. The molecular weight excluding hydrogens is 339 g/mol. The van der Waals surface area contributed by atoms with Crippen LogP contribution in [0, 0.1) is 5.82 Å². The summed E-state index contributed by atoms with van der Waals surface area (Å²) < 4.78 is 19.3. The van der Waals surface area contributed by atoms with Crippen molar-refractivity contribution < 1.29 is 13.9 Å². The molecule has 0 radical (unpaired) electrons. The van der Waals surface area contributed by atoms with Crippen molar-refractivity contribution in [3.8, 4) is 5.75 Å². The molecule has 0 saturated carbocycles. The Morgan fingerprint density at radius 1 is 1.29 bits per heavy atom. The third-order valence-corrected chi connectivity index (χ3v) is 3.37. The zero-order valence-electron chi connectivity index (χ0n) is 11.3. The predicted molar refractivity (Wildman–Crippen MR) is 84.2 cm³/mol. The SMILES string of the molecule is COc1ccc(NCC(=O)Nc2ccccc2F)cc1Br. The lowest BCUT2D eigenvalue weighted by molar-refractivity contribution is -0.114. The van der Waals surface area contributed by atoms with E-state index in [1.807, 2.05) is 0 Å². The van der Waals surface area contributed by atoms with Gasteiger partial charge < -0.3 is 15.4 Å². The molecule has 2 rings (SSSR count). The van der Waals surface area contributed by atoms with Crippen LogP contribution < -0.4 is 15.4 Å². The number of anilines is 2. The standard InChI is InChI=1S/C15H14BrFN2O2/c1-21-14-7-6-10(8-11(14)16)18-9-15(20)19-13-5-3-2-4-12(13)17/h2-8,18H,9H2,1H3,(H,19,20). The van der Waals surface area contributed by atoms with E-state index in [-0.39, 0.29) is 18.1 Å². The minimum Gasteiger partial charge on any atom is -0.496 e. The summed E-state index contributed by atoms with van der Waals surface area (Å²) in [4.78, 5) is 11.8. The van der Waals surface area contributed by atoms with Gasteiger partial charge in [0.05, 0.1) is 23.8 Å². The molecule has 0 aliphatic heterocycles.